The molecule has 1 aromatic heterocycles. The van der Waals surface area contributed by atoms with Crippen LogP contribution in [0.4, 0.5) is 11.4 Å². The molecule has 1 aromatic carbocycles. The van der Waals surface area contributed by atoms with E-state index < -0.39 is 0 Å². The van der Waals surface area contributed by atoms with Crippen molar-refractivity contribution < 1.29 is 4.79 Å². The van der Waals surface area contributed by atoms with Gasteiger partial charge in [0.1, 0.15) is 5.69 Å². The maximum Gasteiger partial charge on any atom is 0.272 e. The minimum absolute atomic E-state index is 0.000350. The number of hydrogen-bond donors (Lipinski definition) is 1. The van der Waals surface area contributed by atoms with E-state index in [0.29, 0.717) is 11.3 Å². The van der Waals surface area contributed by atoms with Crippen LogP contribution < -0.4 is 5.32 Å². The van der Waals surface area contributed by atoms with Crippen LogP contribution in [0.3, 0.4) is 0 Å². The highest BCUT2D eigenvalue weighted by atomic mass is 16.2. The summed E-state index contributed by atoms with van der Waals surface area (Å²) in [5, 5.41) is 12.1. The molecule has 2 aromatic rings. The molecule has 1 amide bonds. The molecule has 0 aliphatic carbocycles. The molecule has 5 nitrogen and oxygen atoms in total. The summed E-state index contributed by atoms with van der Waals surface area (Å²) in [6.07, 6.45) is 6.16. The van der Waals surface area contributed by atoms with Gasteiger partial charge in [0.15, 0.2) is 0 Å². The summed E-state index contributed by atoms with van der Waals surface area (Å²) >= 11 is 0. The fourth-order valence-electron chi connectivity index (χ4n) is 2.86. The predicted molar refractivity (Wildman–Crippen MR) is 93.0 cm³/mol. The van der Waals surface area contributed by atoms with Gasteiger partial charge in [-0.3, -0.25) is 9.78 Å². The number of carbonyl (C=O) groups excluding carboxylic acids is 1. The van der Waals surface area contributed by atoms with Gasteiger partial charge in [-0.1, -0.05) is 12.8 Å². The average molecular weight is 320 g/mol. The summed E-state index contributed by atoms with van der Waals surface area (Å²) in [5.41, 5.74) is 2.77. The molecule has 3 rings (SSSR count). The third-order valence-electron chi connectivity index (χ3n) is 4.18. The standard InChI is InChI=1S/C19H20N4O/c20-14-15-5-7-16(8-6-15)22-17-9-10-21-18(13-17)19(24)23-11-3-1-2-4-12-23/h5-10,13H,1-4,11-12H2,(H,21,22). The molecule has 2 heterocycles. The number of aromatic nitrogens is 1. The highest BCUT2D eigenvalue weighted by Gasteiger charge is 2.18. The summed E-state index contributed by atoms with van der Waals surface area (Å²) < 4.78 is 0. The SMILES string of the molecule is N#Cc1ccc(Nc2ccnc(C(=O)N3CCCCCC3)c2)cc1. The molecule has 5 heteroatoms. The molecule has 1 fully saturated rings. The lowest BCUT2D eigenvalue weighted by molar-refractivity contribution is 0.0756. The van der Waals surface area contributed by atoms with E-state index in [0.717, 1.165) is 37.3 Å². The maximum absolute atomic E-state index is 12.6. The number of likely N-dealkylation sites (tertiary alicyclic amines) is 1. The summed E-state index contributed by atoms with van der Waals surface area (Å²) in [6, 6.07) is 12.9. The first-order valence-corrected chi connectivity index (χ1v) is 8.29. The van der Waals surface area contributed by atoms with Gasteiger partial charge in [0.25, 0.3) is 5.91 Å². The minimum Gasteiger partial charge on any atom is -0.355 e. The number of hydrogen-bond acceptors (Lipinski definition) is 4. The Bertz CT molecular complexity index is 741. The van der Waals surface area contributed by atoms with Gasteiger partial charge in [0.2, 0.25) is 0 Å². The summed E-state index contributed by atoms with van der Waals surface area (Å²) in [5.74, 6) is 0.000350. The van der Waals surface area contributed by atoms with E-state index in [1.54, 1.807) is 24.4 Å². The third-order valence-corrected chi connectivity index (χ3v) is 4.18. The van der Waals surface area contributed by atoms with E-state index >= 15 is 0 Å². The van der Waals surface area contributed by atoms with Crippen LogP contribution in [0.25, 0.3) is 0 Å². The lowest BCUT2D eigenvalue weighted by atomic mass is 10.2. The Kier molecular flexibility index (Phi) is 5.07. The monoisotopic (exact) mass is 320 g/mol. The molecule has 1 saturated heterocycles. The first-order valence-electron chi connectivity index (χ1n) is 8.29. The van der Waals surface area contributed by atoms with Crippen molar-refractivity contribution in [3.8, 4) is 6.07 Å². The molecule has 1 N–H and O–H groups in total. The number of nitrogens with one attached hydrogen (secondary N) is 1. The molecule has 0 spiro atoms. The van der Waals surface area contributed by atoms with Gasteiger partial charge in [0, 0.05) is 30.7 Å². The predicted octanol–water partition coefficient (Wildman–Crippen LogP) is 3.71. The zero-order valence-electron chi connectivity index (χ0n) is 13.5. The average Bonchev–Trinajstić information content (AvgIpc) is 2.91. The van der Waals surface area contributed by atoms with Crippen LogP contribution in [-0.2, 0) is 0 Å². The Morgan fingerprint density at radius 2 is 1.75 bits per heavy atom. The Morgan fingerprint density at radius 3 is 2.42 bits per heavy atom. The summed E-state index contributed by atoms with van der Waals surface area (Å²) in [7, 11) is 0. The zero-order valence-corrected chi connectivity index (χ0v) is 13.5. The fraction of sp³-hybridized carbons (Fsp3) is 0.316. The van der Waals surface area contributed by atoms with Gasteiger partial charge in [-0.25, -0.2) is 0 Å². The number of pyridine rings is 1. The molecule has 24 heavy (non-hydrogen) atoms. The molecule has 0 saturated carbocycles. The van der Waals surface area contributed by atoms with Crippen molar-refractivity contribution in [3.05, 3.63) is 53.9 Å². The minimum atomic E-state index is 0.000350. The highest BCUT2D eigenvalue weighted by Crippen LogP contribution is 2.19. The van der Waals surface area contributed by atoms with E-state index in [1.807, 2.05) is 23.1 Å². The smallest absolute Gasteiger partial charge is 0.272 e. The Balaban J connectivity index is 1.73. The highest BCUT2D eigenvalue weighted by molar-refractivity contribution is 5.93. The van der Waals surface area contributed by atoms with E-state index in [1.165, 1.54) is 12.8 Å². The second kappa shape index (κ2) is 7.60. The molecule has 0 unspecified atom stereocenters. The number of nitriles is 1. The molecule has 0 atom stereocenters. The van der Waals surface area contributed by atoms with Crippen molar-refractivity contribution in [3.63, 3.8) is 0 Å². The van der Waals surface area contributed by atoms with Crippen molar-refractivity contribution in [2.75, 3.05) is 18.4 Å². The van der Waals surface area contributed by atoms with Gasteiger partial charge in [-0.05, 0) is 49.2 Å². The number of amides is 1. The number of anilines is 2. The van der Waals surface area contributed by atoms with Gasteiger partial charge in [-0.15, -0.1) is 0 Å². The van der Waals surface area contributed by atoms with Crippen LogP contribution >= 0.6 is 0 Å². The van der Waals surface area contributed by atoms with Crippen LogP contribution in [0.1, 0.15) is 41.7 Å². The zero-order chi connectivity index (χ0) is 16.8. The van der Waals surface area contributed by atoms with E-state index in [-0.39, 0.29) is 5.91 Å². The third kappa shape index (κ3) is 3.90. The fourth-order valence-corrected chi connectivity index (χ4v) is 2.86. The van der Waals surface area contributed by atoms with E-state index in [4.69, 9.17) is 5.26 Å². The van der Waals surface area contributed by atoms with Crippen LogP contribution in [0.5, 0.6) is 0 Å². The maximum atomic E-state index is 12.6. The molecule has 1 aliphatic heterocycles. The lowest BCUT2D eigenvalue weighted by Gasteiger charge is -2.20. The number of nitrogens with zero attached hydrogens (tertiary/aromatic N) is 3. The number of carbonyl (C=O) groups is 1. The van der Waals surface area contributed by atoms with Crippen LogP contribution in [0, 0.1) is 11.3 Å². The van der Waals surface area contributed by atoms with Crippen molar-refractivity contribution in [2.24, 2.45) is 0 Å². The molecule has 122 valence electrons. The normalized spacial score (nSPS) is 14.5. The molecule has 0 bridgehead atoms. The topological polar surface area (TPSA) is 69.0 Å². The molecular formula is C19H20N4O. The van der Waals surface area contributed by atoms with Crippen molar-refractivity contribution in [2.45, 2.75) is 25.7 Å². The first-order chi connectivity index (χ1) is 11.8. The van der Waals surface area contributed by atoms with E-state index in [2.05, 4.69) is 16.4 Å². The van der Waals surface area contributed by atoms with Crippen LogP contribution in [-0.4, -0.2) is 28.9 Å². The van der Waals surface area contributed by atoms with Crippen molar-refractivity contribution in [1.82, 2.24) is 9.88 Å². The first kappa shape index (κ1) is 16.0. The Morgan fingerprint density at radius 1 is 1.04 bits per heavy atom. The van der Waals surface area contributed by atoms with E-state index in [9.17, 15) is 4.79 Å². The van der Waals surface area contributed by atoms with Crippen molar-refractivity contribution >= 4 is 17.3 Å². The summed E-state index contributed by atoms with van der Waals surface area (Å²) in [6.45, 7) is 1.63. The Hall–Kier alpha value is -2.87. The summed E-state index contributed by atoms with van der Waals surface area (Å²) in [4.78, 5) is 18.8. The van der Waals surface area contributed by atoms with Gasteiger partial charge < -0.3 is 10.2 Å². The number of rotatable bonds is 3. The molecule has 1 aliphatic rings. The largest absolute Gasteiger partial charge is 0.355 e. The van der Waals surface area contributed by atoms with Gasteiger partial charge >= 0.3 is 0 Å². The Labute approximate surface area is 141 Å². The van der Waals surface area contributed by atoms with Crippen molar-refractivity contribution in [1.29, 1.82) is 5.26 Å². The number of benzene rings is 1. The second-order valence-electron chi connectivity index (χ2n) is 5.95. The van der Waals surface area contributed by atoms with Crippen LogP contribution in [0.2, 0.25) is 0 Å². The van der Waals surface area contributed by atoms with Gasteiger partial charge in [0.05, 0.1) is 11.6 Å². The second-order valence-corrected chi connectivity index (χ2v) is 5.95. The van der Waals surface area contributed by atoms with Gasteiger partial charge in [-0.2, -0.15) is 5.26 Å². The molecular weight excluding hydrogens is 300 g/mol. The van der Waals surface area contributed by atoms with Crippen LogP contribution in [0.15, 0.2) is 42.6 Å². The molecule has 0 radical (unpaired) electrons. The lowest BCUT2D eigenvalue weighted by Crippen LogP contribution is -2.32. The quantitative estimate of drug-likeness (QED) is 0.936.